The van der Waals surface area contributed by atoms with Crippen molar-refractivity contribution in [3.63, 3.8) is 0 Å². The predicted molar refractivity (Wildman–Crippen MR) is 110 cm³/mol. The average Bonchev–Trinajstić information content (AvgIpc) is 3.18. The molecule has 30 heavy (non-hydrogen) atoms. The highest BCUT2D eigenvalue weighted by atomic mass is 19.1. The molecule has 2 aliphatic heterocycles. The zero-order chi connectivity index (χ0) is 21.1. The molecule has 4 rings (SSSR count). The van der Waals surface area contributed by atoms with Crippen molar-refractivity contribution in [2.45, 2.75) is 19.1 Å². The number of rotatable bonds is 6. The molecule has 2 heterocycles. The van der Waals surface area contributed by atoms with E-state index in [9.17, 15) is 14.3 Å². The lowest BCUT2D eigenvalue weighted by molar-refractivity contribution is -0.138. The van der Waals surface area contributed by atoms with Gasteiger partial charge in [0.25, 0.3) is 0 Å². The van der Waals surface area contributed by atoms with Gasteiger partial charge in [0, 0.05) is 24.2 Å². The molecular formula is C22H21FN4O3. The summed E-state index contributed by atoms with van der Waals surface area (Å²) in [6.07, 6.45) is 4.40. The number of ether oxygens (including phenoxy) is 1. The largest absolute Gasteiger partial charge is 0.508 e. The summed E-state index contributed by atoms with van der Waals surface area (Å²) in [5.41, 5.74) is 5.25. The van der Waals surface area contributed by atoms with Crippen LogP contribution in [-0.4, -0.2) is 35.1 Å². The Labute approximate surface area is 173 Å². The summed E-state index contributed by atoms with van der Waals surface area (Å²) in [7, 11) is 0. The minimum atomic E-state index is -0.521. The Balaban J connectivity index is 1.60. The van der Waals surface area contributed by atoms with Crippen LogP contribution in [0.5, 0.6) is 5.75 Å². The Kier molecular flexibility index (Phi) is 5.38. The first-order valence-corrected chi connectivity index (χ1v) is 9.53. The van der Waals surface area contributed by atoms with Crippen molar-refractivity contribution in [3.05, 3.63) is 89.1 Å². The Bertz CT molecular complexity index is 1040. The molecule has 2 aromatic carbocycles. The monoisotopic (exact) mass is 408 g/mol. The summed E-state index contributed by atoms with van der Waals surface area (Å²) >= 11 is 0. The molecule has 0 radical (unpaired) electrons. The first kappa shape index (κ1) is 19.5. The number of carbonyl (C=O) groups is 1. The van der Waals surface area contributed by atoms with E-state index in [1.54, 1.807) is 30.5 Å². The molecular weight excluding hydrogens is 387 g/mol. The molecule has 7 nitrogen and oxygen atoms in total. The van der Waals surface area contributed by atoms with Gasteiger partial charge in [-0.05, 0) is 30.7 Å². The van der Waals surface area contributed by atoms with Crippen LogP contribution >= 0.6 is 0 Å². The number of hydrazine groups is 1. The van der Waals surface area contributed by atoms with Gasteiger partial charge >= 0.3 is 5.97 Å². The van der Waals surface area contributed by atoms with Gasteiger partial charge < -0.3 is 20.6 Å². The molecule has 0 saturated carbocycles. The number of nitrogens with zero attached hydrogens (tertiary/aromatic N) is 2. The Morgan fingerprint density at radius 2 is 2.13 bits per heavy atom. The van der Waals surface area contributed by atoms with Gasteiger partial charge in [-0.2, -0.15) is 0 Å². The molecule has 0 amide bonds. The molecule has 3 N–H and O–H groups in total. The molecule has 0 spiro atoms. The van der Waals surface area contributed by atoms with Crippen LogP contribution in [0.3, 0.4) is 0 Å². The lowest BCUT2D eigenvalue weighted by Crippen LogP contribution is -2.38. The quantitative estimate of drug-likeness (QED) is 0.638. The van der Waals surface area contributed by atoms with Crippen LogP contribution in [-0.2, 0) is 9.53 Å². The molecule has 0 aromatic heterocycles. The summed E-state index contributed by atoms with van der Waals surface area (Å²) in [6.45, 7) is 2.03. The Morgan fingerprint density at radius 1 is 1.33 bits per heavy atom. The van der Waals surface area contributed by atoms with Gasteiger partial charge in [-0.15, -0.1) is 0 Å². The number of aliphatic imine (C=N–C) groups is 1. The highest BCUT2D eigenvalue weighted by Gasteiger charge is 2.33. The summed E-state index contributed by atoms with van der Waals surface area (Å²) in [5, 5.41) is 15.3. The van der Waals surface area contributed by atoms with Crippen LogP contribution in [0.25, 0.3) is 0 Å². The fraction of sp³-hybridized carbons (Fsp3) is 0.182. The number of esters is 1. The molecule has 154 valence electrons. The minimum Gasteiger partial charge on any atom is -0.508 e. The maximum atomic E-state index is 13.9. The SMILES string of the molecule is CCOC(=O)C1=CNN2C=C(N[C@H](c3ccccc3)c3cc(F)ccc3O)C=N[C@@H]12. The van der Waals surface area contributed by atoms with E-state index >= 15 is 0 Å². The number of hydrogen-bond acceptors (Lipinski definition) is 7. The van der Waals surface area contributed by atoms with Gasteiger partial charge in [-0.1, -0.05) is 30.3 Å². The van der Waals surface area contributed by atoms with E-state index in [0.717, 1.165) is 5.56 Å². The summed E-state index contributed by atoms with van der Waals surface area (Å²) in [6, 6.07) is 12.7. The van der Waals surface area contributed by atoms with Gasteiger partial charge in [-0.3, -0.25) is 10.0 Å². The third kappa shape index (κ3) is 3.84. The van der Waals surface area contributed by atoms with Crippen molar-refractivity contribution in [2.75, 3.05) is 6.61 Å². The third-order valence-corrected chi connectivity index (χ3v) is 4.80. The smallest absolute Gasteiger partial charge is 0.339 e. The summed E-state index contributed by atoms with van der Waals surface area (Å²) in [4.78, 5) is 16.5. The normalized spacial score (nSPS) is 18.1. The van der Waals surface area contributed by atoms with Crippen molar-refractivity contribution in [2.24, 2.45) is 4.99 Å². The number of halogens is 1. The second kappa shape index (κ2) is 8.28. The number of benzene rings is 2. The van der Waals surface area contributed by atoms with Crippen molar-refractivity contribution < 1.29 is 19.0 Å². The molecule has 2 aliphatic rings. The van der Waals surface area contributed by atoms with Crippen molar-refractivity contribution >= 4 is 12.2 Å². The van der Waals surface area contributed by atoms with E-state index in [-0.39, 0.29) is 12.4 Å². The first-order valence-electron chi connectivity index (χ1n) is 9.53. The van der Waals surface area contributed by atoms with E-state index in [1.807, 2.05) is 30.3 Å². The van der Waals surface area contributed by atoms with Gasteiger partial charge in [0.2, 0.25) is 0 Å². The maximum absolute atomic E-state index is 13.9. The average molecular weight is 408 g/mol. The second-order valence-corrected chi connectivity index (χ2v) is 6.78. The molecule has 2 aromatic rings. The van der Waals surface area contributed by atoms with Gasteiger partial charge in [0.15, 0.2) is 6.17 Å². The first-order chi connectivity index (χ1) is 14.6. The van der Waals surface area contributed by atoms with Crippen LogP contribution in [0.1, 0.15) is 24.1 Å². The molecule has 0 unspecified atom stereocenters. The van der Waals surface area contributed by atoms with Crippen LogP contribution in [0.4, 0.5) is 4.39 Å². The van der Waals surface area contributed by atoms with Gasteiger partial charge in [-0.25, -0.2) is 9.18 Å². The second-order valence-electron chi connectivity index (χ2n) is 6.78. The van der Waals surface area contributed by atoms with E-state index in [0.29, 0.717) is 16.8 Å². The van der Waals surface area contributed by atoms with Crippen molar-refractivity contribution in [1.82, 2.24) is 15.8 Å². The Morgan fingerprint density at radius 3 is 2.90 bits per heavy atom. The standard InChI is InChI=1S/C22H21FN4O3/c1-2-30-22(29)18-12-25-27-13-16(11-24-21(18)27)26-20(14-6-4-3-5-7-14)17-10-15(23)8-9-19(17)28/h3-13,20-21,25-26,28H,2H2,1H3/t20-,21-/m1/s1. The lowest BCUT2D eigenvalue weighted by atomic mass is 9.97. The number of allylic oxidation sites excluding steroid dienone is 1. The molecule has 0 saturated heterocycles. The lowest BCUT2D eigenvalue weighted by Gasteiger charge is -2.28. The summed E-state index contributed by atoms with van der Waals surface area (Å²) < 4.78 is 19.0. The third-order valence-electron chi connectivity index (χ3n) is 4.80. The minimum absolute atomic E-state index is 0.0189. The molecule has 0 fully saturated rings. The van der Waals surface area contributed by atoms with Crippen LogP contribution < -0.4 is 10.7 Å². The number of phenols is 1. The topological polar surface area (TPSA) is 86.2 Å². The number of nitrogens with one attached hydrogen (secondary N) is 2. The van der Waals surface area contributed by atoms with Crippen LogP contribution in [0.2, 0.25) is 0 Å². The maximum Gasteiger partial charge on any atom is 0.339 e. The number of fused-ring (bicyclic) bond motifs is 1. The van der Waals surface area contributed by atoms with Crippen LogP contribution in [0.15, 0.2) is 77.2 Å². The Hall–Kier alpha value is -3.81. The number of aromatic hydroxyl groups is 1. The molecule has 8 heteroatoms. The van der Waals surface area contributed by atoms with Gasteiger partial charge in [0.1, 0.15) is 17.1 Å². The van der Waals surface area contributed by atoms with E-state index in [2.05, 4.69) is 15.7 Å². The zero-order valence-corrected chi connectivity index (χ0v) is 16.2. The van der Waals surface area contributed by atoms with E-state index < -0.39 is 24.0 Å². The van der Waals surface area contributed by atoms with Gasteiger partial charge in [0.05, 0.1) is 18.3 Å². The number of phenolic OH excluding ortho intramolecular Hbond substituents is 1. The molecule has 0 aliphatic carbocycles. The highest BCUT2D eigenvalue weighted by molar-refractivity contribution is 5.91. The summed E-state index contributed by atoms with van der Waals surface area (Å²) in [5.74, 6) is -0.887. The fourth-order valence-corrected chi connectivity index (χ4v) is 3.40. The predicted octanol–water partition coefficient (Wildman–Crippen LogP) is 2.73. The number of carbonyl (C=O) groups excluding carboxylic acids is 1. The number of hydrogen-bond donors (Lipinski definition) is 3. The van der Waals surface area contributed by atoms with Crippen LogP contribution in [0, 0.1) is 5.82 Å². The fourth-order valence-electron chi connectivity index (χ4n) is 3.40. The highest BCUT2D eigenvalue weighted by Crippen LogP contribution is 2.31. The van der Waals surface area contributed by atoms with Crippen molar-refractivity contribution in [3.8, 4) is 5.75 Å². The van der Waals surface area contributed by atoms with E-state index in [1.165, 1.54) is 18.2 Å². The molecule has 0 bridgehead atoms. The van der Waals surface area contributed by atoms with E-state index in [4.69, 9.17) is 4.74 Å². The zero-order valence-electron chi connectivity index (χ0n) is 16.2. The van der Waals surface area contributed by atoms with Crippen molar-refractivity contribution in [1.29, 1.82) is 0 Å². The molecule has 2 atom stereocenters.